The number of aliphatic hydroxyl groups is 1. The SMILES string of the molecule is [CH2]C(O)N(C)c1cnccn1. The maximum atomic E-state index is 9.02. The van der Waals surface area contributed by atoms with E-state index in [0.29, 0.717) is 5.82 Å². The van der Waals surface area contributed by atoms with Gasteiger partial charge < -0.3 is 10.0 Å². The van der Waals surface area contributed by atoms with Gasteiger partial charge in [0.2, 0.25) is 0 Å². The largest absolute Gasteiger partial charge is 0.374 e. The molecule has 0 saturated carbocycles. The molecule has 1 atom stereocenters. The molecular weight excluding hydrogens is 142 g/mol. The van der Waals surface area contributed by atoms with Crippen LogP contribution in [0.15, 0.2) is 18.6 Å². The van der Waals surface area contributed by atoms with E-state index in [1.54, 1.807) is 25.6 Å². The number of aliphatic hydroxyl groups excluding tert-OH is 1. The Morgan fingerprint density at radius 1 is 1.64 bits per heavy atom. The van der Waals surface area contributed by atoms with Gasteiger partial charge in [-0.3, -0.25) is 4.98 Å². The molecule has 0 amide bonds. The first-order valence-electron chi connectivity index (χ1n) is 3.22. The fourth-order valence-electron chi connectivity index (χ4n) is 0.626. The summed E-state index contributed by atoms with van der Waals surface area (Å²) in [5.74, 6) is 0.606. The zero-order valence-corrected chi connectivity index (χ0v) is 6.31. The highest BCUT2D eigenvalue weighted by molar-refractivity contribution is 5.34. The van der Waals surface area contributed by atoms with Crippen molar-refractivity contribution in [2.45, 2.75) is 6.23 Å². The van der Waals surface area contributed by atoms with Gasteiger partial charge in [-0.1, -0.05) is 0 Å². The molecule has 0 saturated heterocycles. The van der Waals surface area contributed by atoms with Crippen LogP contribution in [0.25, 0.3) is 0 Å². The number of anilines is 1. The molecule has 4 heteroatoms. The van der Waals surface area contributed by atoms with Crippen LogP contribution in [0.3, 0.4) is 0 Å². The number of aromatic nitrogens is 2. The minimum atomic E-state index is -0.785. The predicted molar refractivity (Wildman–Crippen MR) is 41.8 cm³/mol. The van der Waals surface area contributed by atoms with Gasteiger partial charge in [0.15, 0.2) is 0 Å². The second-order valence-corrected chi connectivity index (χ2v) is 2.16. The molecule has 1 rings (SSSR count). The number of hydrogen-bond donors (Lipinski definition) is 1. The van der Waals surface area contributed by atoms with Crippen molar-refractivity contribution >= 4 is 5.82 Å². The standard InChI is InChI=1S/C7H10N3O/c1-6(11)10(2)7-5-8-3-4-9-7/h3-6,11H,1H2,2H3. The van der Waals surface area contributed by atoms with Crippen molar-refractivity contribution < 1.29 is 5.11 Å². The van der Waals surface area contributed by atoms with Crippen molar-refractivity contribution in [1.82, 2.24) is 9.97 Å². The quantitative estimate of drug-likeness (QED) is 0.609. The highest BCUT2D eigenvalue weighted by Gasteiger charge is 2.05. The minimum Gasteiger partial charge on any atom is -0.374 e. The van der Waals surface area contributed by atoms with E-state index in [-0.39, 0.29) is 0 Å². The summed E-state index contributed by atoms with van der Waals surface area (Å²) in [6, 6.07) is 0. The highest BCUT2D eigenvalue weighted by Crippen LogP contribution is 2.06. The van der Waals surface area contributed by atoms with Crippen molar-refractivity contribution in [2.75, 3.05) is 11.9 Å². The Bertz CT molecular complexity index is 212. The summed E-state index contributed by atoms with van der Waals surface area (Å²) in [5, 5.41) is 9.02. The summed E-state index contributed by atoms with van der Waals surface area (Å²) in [5.41, 5.74) is 0. The lowest BCUT2D eigenvalue weighted by molar-refractivity contribution is 0.220. The van der Waals surface area contributed by atoms with Crippen LogP contribution in [-0.4, -0.2) is 28.4 Å². The monoisotopic (exact) mass is 152 g/mol. The number of rotatable bonds is 2. The first-order valence-corrected chi connectivity index (χ1v) is 3.22. The summed E-state index contributed by atoms with van der Waals surface area (Å²) in [4.78, 5) is 9.33. The molecule has 1 N–H and O–H groups in total. The lowest BCUT2D eigenvalue weighted by Crippen LogP contribution is -2.29. The number of nitrogens with zero attached hydrogens (tertiary/aromatic N) is 3. The Hall–Kier alpha value is -1.16. The fourth-order valence-corrected chi connectivity index (χ4v) is 0.626. The molecule has 0 aliphatic heterocycles. The van der Waals surface area contributed by atoms with Crippen molar-refractivity contribution in [3.05, 3.63) is 25.5 Å². The Morgan fingerprint density at radius 2 is 2.36 bits per heavy atom. The molecule has 1 unspecified atom stereocenters. The fraction of sp³-hybridized carbons (Fsp3) is 0.286. The van der Waals surface area contributed by atoms with E-state index in [0.717, 1.165) is 0 Å². The normalized spacial score (nSPS) is 12.6. The van der Waals surface area contributed by atoms with Crippen molar-refractivity contribution in [2.24, 2.45) is 0 Å². The van der Waals surface area contributed by atoms with Gasteiger partial charge in [-0.05, 0) is 6.92 Å². The third-order valence-corrected chi connectivity index (χ3v) is 1.36. The maximum Gasteiger partial charge on any atom is 0.148 e. The topological polar surface area (TPSA) is 49.2 Å². The summed E-state index contributed by atoms with van der Waals surface area (Å²) in [7, 11) is 1.70. The maximum absolute atomic E-state index is 9.02. The lowest BCUT2D eigenvalue weighted by atomic mass is 10.5. The van der Waals surface area contributed by atoms with Gasteiger partial charge >= 0.3 is 0 Å². The minimum absolute atomic E-state index is 0.606. The van der Waals surface area contributed by atoms with Crippen LogP contribution < -0.4 is 4.90 Å². The van der Waals surface area contributed by atoms with Gasteiger partial charge in [0.25, 0.3) is 0 Å². The van der Waals surface area contributed by atoms with E-state index >= 15 is 0 Å². The second kappa shape index (κ2) is 3.30. The van der Waals surface area contributed by atoms with Gasteiger partial charge in [-0.15, -0.1) is 0 Å². The first kappa shape index (κ1) is 7.94. The van der Waals surface area contributed by atoms with E-state index < -0.39 is 6.23 Å². The third-order valence-electron chi connectivity index (χ3n) is 1.36. The lowest BCUT2D eigenvalue weighted by Gasteiger charge is -2.19. The number of hydrogen-bond acceptors (Lipinski definition) is 4. The molecule has 0 spiro atoms. The van der Waals surface area contributed by atoms with Crippen molar-refractivity contribution in [3.63, 3.8) is 0 Å². The van der Waals surface area contributed by atoms with Gasteiger partial charge in [0.1, 0.15) is 12.0 Å². The van der Waals surface area contributed by atoms with Crippen LogP contribution in [0.2, 0.25) is 0 Å². The highest BCUT2D eigenvalue weighted by atomic mass is 16.3. The van der Waals surface area contributed by atoms with Gasteiger partial charge in [0, 0.05) is 19.4 Å². The van der Waals surface area contributed by atoms with Crippen molar-refractivity contribution in [3.8, 4) is 0 Å². The van der Waals surface area contributed by atoms with Crippen LogP contribution in [-0.2, 0) is 0 Å². The predicted octanol–water partition coefficient (Wildman–Crippen LogP) is 0.0653. The molecule has 0 bridgehead atoms. The third kappa shape index (κ3) is 1.88. The molecule has 1 heterocycles. The molecule has 1 radical (unpaired) electrons. The summed E-state index contributed by atoms with van der Waals surface area (Å²) >= 11 is 0. The summed E-state index contributed by atoms with van der Waals surface area (Å²) in [6.45, 7) is 3.43. The molecule has 1 aromatic heterocycles. The molecule has 59 valence electrons. The van der Waals surface area contributed by atoms with E-state index in [1.807, 2.05) is 0 Å². The smallest absolute Gasteiger partial charge is 0.148 e. The first-order chi connectivity index (χ1) is 5.22. The van der Waals surface area contributed by atoms with Crippen LogP contribution in [0.1, 0.15) is 0 Å². The van der Waals surface area contributed by atoms with Crippen LogP contribution in [0, 0.1) is 6.92 Å². The second-order valence-electron chi connectivity index (χ2n) is 2.16. The molecule has 0 fully saturated rings. The van der Waals surface area contributed by atoms with E-state index in [1.165, 1.54) is 4.90 Å². The van der Waals surface area contributed by atoms with E-state index in [2.05, 4.69) is 16.9 Å². The molecular formula is C7H10N3O. The average molecular weight is 152 g/mol. The van der Waals surface area contributed by atoms with Crippen molar-refractivity contribution in [1.29, 1.82) is 0 Å². The van der Waals surface area contributed by atoms with Crippen LogP contribution in [0.5, 0.6) is 0 Å². The van der Waals surface area contributed by atoms with Crippen LogP contribution >= 0.6 is 0 Å². The Labute approximate surface area is 65.5 Å². The Kier molecular flexibility index (Phi) is 2.38. The zero-order valence-electron chi connectivity index (χ0n) is 6.31. The zero-order chi connectivity index (χ0) is 8.27. The molecule has 0 aliphatic rings. The van der Waals surface area contributed by atoms with Gasteiger partial charge in [-0.25, -0.2) is 4.98 Å². The summed E-state index contributed by atoms with van der Waals surface area (Å²) < 4.78 is 0. The molecule has 0 aliphatic carbocycles. The van der Waals surface area contributed by atoms with E-state index in [4.69, 9.17) is 5.11 Å². The van der Waals surface area contributed by atoms with Gasteiger partial charge in [0.05, 0.1) is 6.20 Å². The van der Waals surface area contributed by atoms with Crippen LogP contribution in [0.4, 0.5) is 5.82 Å². The molecule has 0 aromatic carbocycles. The Morgan fingerprint density at radius 3 is 2.82 bits per heavy atom. The average Bonchev–Trinajstić information content (AvgIpc) is 2.05. The Balaban J connectivity index is 2.77. The van der Waals surface area contributed by atoms with Gasteiger partial charge in [-0.2, -0.15) is 0 Å². The molecule has 11 heavy (non-hydrogen) atoms. The van der Waals surface area contributed by atoms with E-state index in [9.17, 15) is 0 Å². The molecule has 4 nitrogen and oxygen atoms in total. The molecule has 1 aromatic rings. The summed E-state index contributed by atoms with van der Waals surface area (Å²) in [6.07, 6.45) is 3.92.